The van der Waals surface area contributed by atoms with Crippen molar-refractivity contribution in [2.45, 2.75) is 65.2 Å². The number of hydrogen-bond acceptors (Lipinski definition) is 7. The molecule has 0 saturated heterocycles. The van der Waals surface area contributed by atoms with E-state index in [-0.39, 0.29) is 23.0 Å². The van der Waals surface area contributed by atoms with Crippen LogP contribution in [-0.4, -0.2) is 43.3 Å². The molecule has 3 heterocycles. The van der Waals surface area contributed by atoms with Gasteiger partial charge in [-0.05, 0) is 67.4 Å². The van der Waals surface area contributed by atoms with Gasteiger partial charge in [0.25, 0.3) is 5.56 Å². The van der Waals surface area contributed by atoms with E-state index in [9.17, 15) is 9.18 Å². The number of H-pyrrole nitrogens is 1. The second-order valence-electron chi connectivity index (χ2n) is 10.7. The Morgan fingerprint density at radius 3 is 2.47 bits per heavy atom. The predicted molar refractivity (Wildman–Crippen MR) is 142 cm³/mol. The van der Waals surface area contributed by atoms with Crippen LogP contribution in [0.5, 0.6) is 11.5 Å². The molecule has 2 aromatic heterocycles. The van der Waals surface area contributed by atoms with Gasteiger partial charge in [-0.2, -0.15) is 0 Å². The van der Waals surface area contributed by atoms with Crippen molar-refractivity contribution in [3.63, 3.8) is 0 Å². The third kappa shape index (κ3) is 5.40. The molecule has 0 bridgehead atoms. The Kier molecular flexibility index (Phi) is 7.16. The third-order valence-electron chi connectivity index (χ3n) is 6.69. The first-order valence-corrected chi connectivity index (χ1v) is 13.0. The van der Waals surface area contributed by atoms with Crippen LogP contribution in [0.2, 0.25) is 0 Å². The molecule has 0 unspecified atom stereocenters. The van der Waals surface area contributed by atoms with Crippen molar-refractivity contribution in [1.82, 2.24) is 30.1 Å². The maximum atomic E-state index is 13.7. The number of nitrogens with one attached hydrogen (secondary N) is 1. The number of aromatic amines is 1. The van der Waals surface area contributed by atoms with E-state index < -0.39 is 0 Å². The molecule has 1 atom stereocenters. The standard InChI is InChI=1S/C28H33FN6O3/c1-5-6-23(26-31-32-33-35(26)28(2,3)4)34(16-18-7-9-21(29)10-8-18)17-20-13-19-14-24-25(38-12-11-37-24)15-22(19)30-27(20)36/h7-10,13-15,23H,5-6,11-12,16-17H2,1-4H3,(H,30,36)/t23-/m1/s1. The van der Waals surface area contributed by atoms with Crippen molar-refractivity contribution in [2.24, 2.45) is 0 Å². The van der Waals surface area contributed by atoms with Gasteiger partial charge in [0.15, 0.2) is 17.3 Å². The molecule has 1 aliphatic rings. The Balaban J connectivity index is 1.57. The lowest BCUT2D eigenvalue weighted by Crippen LogP contribution is -2.35. The number of nitrogens with zero attached hydrogens (tertiary/aromatic N) is 5. The smallest absolute Gasteiger partial charge is 0.252 e. The van der Waals surface area contributed by atoms with Crippen LogP contribution in [-0.2, 0) is 18.6 Å². The molecule has 0 amide bonds. The van der Waals surface area contributed by atoms with E-state index in [2.05, 4.69) is 53.1 Å². The summed E-state index contributed by atoms with van der Waals surface area (Å²) in [4.78, 5) is 18.5. The van der Waals surface area contributed by atoms with E-state index in [0.29, 0.717) is 48.9 Å². The van der Waals surface area contributed by atoms with Crippen molar-refractivity contribution in [1.29, 1.82) is 0 Å². The van der Waals surface area contributed by atoms with Gasteiger partial charge < -0.3 is 14.5 Å². The molecule has 0 radical (unpaired) electrons. The first-order valence-electron chi connectivity index (χ1n) is 13.0. The summed E-state index contributed by atoms with van der Waals surface area (Å²) in [5, 5.41) is 13.6. The monoisotopic (exact) mass is 520 g/mol. The fraction of sp³-hybridized carbons (Fsp3) is 0.429. The predicted octanol–water partition coefficient (Wildman–Crippen LogP) is 4.72. The van der Waals surface area contributed by atoms with Gasteiger partial charge in [0.2, 0.25) is 0 Å². The van der Waals surface area contributed by atoms with Gasteiger partial charge in [0.1, 0.15) is 19.0 Å². The minimum Gasteiger partial charge on any atom is -0.486 e. The molecular formula is C28H33FN6O3. The van der Waals surface area contributed by atoms with Gasteiger partial charge >= 0.3 is 0 Å². The Morgan fingerprint density at radius 2 is 1.79 bits per heavy atom. The second kappa shape index (κ2) is 10.5. The van der Waals surface area contributed by atoms with Crippen molar-refractivity contribution in [2.75, 3.05) is 13.2 Å². The van der Waals surface area contributed by atoms with Crippen LogP contribution >= 0.6 is 0 Å². The lowest BCUT2D eigenvalue weighted by atomic mass is 10.0. The number of halogens is 1. The van der Waals surface area contributed by atoms with E-state index in [1.54, 1.807) is 12.1 Å². The molecule has 0 spiro atoms. The average molecular weight is 521 g/mol. The summed E-state index contributed by atoms with van der Waals surface area (Å²) in [6, 6.07) is 11.9. The lowest BCUT2D eigenvalue weighted by Gasteiger charge is -2.33. The number of ether oxygens (including phenoxy) is 2. The zero-order valence-electron chi connectivity index (χ0n) is 22.2. The molecule has 38 heavy (non-hydrogen) atoms. The Morgan fingerprint density at radius 1 is 1.08 bits per heavy atom. The number of benzene rings is 2. The molecule has 0 aliphatic carbocycles. The van der Waals surface area contributed by atoms with E-state index in [4.69, 9.17) is 9.47 Å². The topological polar surface area (TPSA) is 98.2 Å². The number of fused-ring (bicyclic) bond motifs is 2. The van der Waals surface area contributed by atoms with Gasteiger partial charge in [-0.1, -0.05) is 25.5 Å². The largest absolute Gasteiger partial charge is 0.486 e. The Labute approximate surface area is 220 Å². The minimum atomic E-state index is -0.325. The number of tetrazole rings is 1. The Hall–Kier alpha value is -3.79. The van der Waals surface area contributed by atoms with Crippen LogP contribution in [0.15, 0.2) is 47.3 Å². The molecule has 4 aromatic rings. The highest BCUT2D eigenvalue weighted by Crippen LogP contribution is 2.34. The van der Waals surface area contributed by atoms with Gasteiger partial charge in [-0.15, -0.1) is 5.10 Å². The van der Waals surface area contributed by atoms with Crippen molar-refractivity contribution in [3.05, 3.63) is 75.6 Å². The molecule has 10 heteroatoms. The van der Waals surface area contributed by atoms with E-state index in [0.717, 1.165) is 29.6 Å². The average Bonchev–Trinajstić information content (AvgIpc) is 3.38. The summed E-state index contributed by atoms with van der Waals surface area (Å²) < 4.78 is 26.9. The molecule has 5 rings (SSSR count). The minimum absolute atomic E-state index is 0.172. The summed E-state index contributed by atoms with van der Waals surface area (Å²) in [6.45, 7) is 10.1. The Bertz CT molecular complexity index is 1470. The lowest BCUT2D eigenvalue weighted by molar-refractivity contribution is 0.148. The quantitative estimate of drug-likeness (QED) is 0.359. The van der Waals surface area contributed by atoms with Gasteiger partial charge in [-0.3, -0.25) is 9.69 Å². The fourth-order valence-electron chi connectivity index (χ4n) is 4.85. The maximum Gasteiger partial charge on any atom is 0.252 e. The van der Waals surface area contributed by atoms with E-state index >= 15 is 0 Å². The number of aromatic nitrogens is 5. The van der Waals surface area contributed by atoms with Crippen molar-refractivity contribution < 1.29 is 13.9 Å². The highest BCUT2D eigenvalue weighted by atomic mass is 19.1. The number of hydrogen-bond donors (Lipinski definition) is 1. The number of pyridine rings is 1. The molecule has 200 valence electrons. The molecule has 0 saturated carbocycles. The van der Waals surface area contributed by atoms with E-state index in [1.807, 2.05) is 22.9 Å². The van der Waals surface area contributed by atoms with Crippen LogP contribution in [0.1, 0.15) is 63.5 Å². The van der Waals surface area contributed by atoms with Crippen LogP contribution in [0, 0.1) is 5.82 Å². The normalized spacial score (nSPS) is 14.3. The molecular weight excluding hydrogens is 487 g/mol. The zero-order chi connectivity index (χ0) is 26.9. The highest BCUT2D eigenvalue weighted by Gasteiger charge is 2.30. The second-order valence-corrected chi connectivity index (χ2v) is 10.7. The first kappa shape index (κ1) is 25.8. The third-order valence-corrected chi connectivity index (χ3v) is 6.69. The maximum absolute atomic E-state index is 13.7. The molecule has 9 nitrogen and oxygen atoms in total. The van der Waals surface area contributed by atoms with Crippen LogP contribution in [0.4, 0.5) is 4.39 Å². The summed E-state index contributed by atoms with van der Waals surface area (Å²) >= 11 is 0. The van der Waals surface area contributed by atoms with Crippen molar-refractivity contribution >= 4 is 10.9 Å². The molecule has 1 aliphatic heterocycles. The molecule has 0 fully saturated rings. The van der Waals surface area contributed by atoms with Crippen molar-refractivity contribution in [3.8, 4) is 11.5 Å². The van der Waals surface area contributed by atoms with Crippen LogP contribution in [0.25, 0.3) is 10.9 Å². The van der Waals surface area contributed by atoms with Gasteiger partial charge in [0, 0.05) is 30.1 Å². The zero-order valence-corrected chi connectivity index (χ0v) is 22.2. The molecule has 2 aromatic carbocycles. The van der Waals surface area contributed by atoms with Gasteiger partial charge in [0.05, 0.1) is 17.1 Å². The SMILES string of the molecule is CCC[C@H](c1nnnn1C(C)(C)C)N(Cc1ccc(F)cc1)Cc1cc2cc3c(cc2[nH]c1=O)OCCO3. The summed E-state index contributed by atoms with van der Waals surface area (Å²) in [5.41, 5.74) is 1.72. The fourth-order valence-corrected chi connectivity index (χ4v) is 4.85. The van der Waals surface area contributed by atoms with E-state index in [1.165, 1.54) is 12.1 Å². The summed E-state index contributed by atoms with van der Waals surface area (Å²) in [5.74, 6) is 1.74. The first-order chi connectivity index (χ1) is 18.2. The summed E-state index contributed by atoms with van der Waals surface area (Å²) in [6.07, 6.45) is 1.67. The highest BCUT2D eigenvalue weighted by molar-refractivity contribution is 5.83. The molecule has 1 N–H and O–H groups in total. The van der Waals surface area contributed by atoms with Crippen LogP contribution < -0.4 is 15.0 Å². The van der Waals surface area contributed by atoms with Gasteiger partial charge in [-0.25, -0.2) is 9.07 Å². The number of rotatable bonds is 8. The van der Waals surface area contributed by atoms with Crippen LogP contribution in [0.3, 0.4) is 0 Å². The summed E-state index contributed by atoms with van der Waals surface area (Å²) in [7, 11) is 0.